The molecular weight excluding hydrogens is 295 g/mol. The molecule has 0 aliphatic heterocycles. The second kappa shape index (κ2) is 8.08. The largest absolute Gasteiger partial charge is 0.481 e. The van der Waals surface area contributed by atoms with Crippen LogP contribution in [-0.2, 0) is 11.2 Å². The molecule has 5 heteroatoms. The molecule has 2 aromatic rings. The van der Waals surface area contributed by atoms with E-state index in [4.69, 9.17) is 4.74 Å². The van der Waals surface area contributed by atoms with Gasteiger partial charge in [-0.25, -0.2) is 9.82 Å². The molecule has 2 rings (SSSR count). The summed E-state index contributed by atoms with van der Waals surface area (Å²) in [6.45, 7) is 3.59. The predicted molar refractivity (Wildman–Crippen MR) is 88.1 cm³/mol. The predicted octanol–water partition coefficient (Wildman–Crippen LogP) is 3.31. The first kappa shape index (κ1) is 16.7. The Hall–Kier alpha value is -2.69. The molecule has 0 spiro atoms. The van der Waals surface area contributed by atoms with Crippen molar-refractivity contribution in [3.63, 3.8) is 0 Å². The molecule has 23 heavy (non-hydrogen) atoms. The maximum absolute atomic E-state index is 13.4. The van der Waals surface area contributed by atoms with Crippen LogP contribution in [0.3, 0.4) is 0 Å². The van der Waals surface area contributed by atoms with E-state index in [0.29, 0.717) is 5.71 Å². The molecule has 0 aliphatic carbocycles. The van der Waals surface area contributed by atoms with Crippen LogP contribution in [0.1, 0.15) is 25.0 Å². The lowest BCUT2D eigenvalue weighted by atomic mass is 10.1. The number of hydrogen-bond acceptors (Lipinski definition) is 3. The van der Waals surface area contributed by atoms with Gasteiger partial charge in [-0.2, -0.15) is 5.10 Å². The highest BCUT2D eigenvalue weighted by Crippen LogP contribution is 2.14. The number of aryl methyl sites for hydroxylation is 1. The molecule has 0 aliphatic rings. The third-order valence-electron chi connectivity index (χ3n) is 3.32. The molecule has 0 radical (unpaired) electrons. The van der Waals surface area contributed by atoms with Crippen LogP contribution in [0, 0.1) is 5.82 Å². The van der Waals surface area contributed by atoms with Gasteiger partial charge in [0.1, 0.15) is 0 Å². The third kappa shape index (κ3) is 4.92. The Morgan fingerprint density at radius 3 is 2.52 bits per heavy atom. The van der Waals surface area contributed by atoms with Crippen LogP contribution >= 0.6 is 0 Å². The topological polar surface area (TPSA) is 50.7 Å². The van der Waals surface area contributed by atoms with E-state index in [0.717, 1.165) is 12.0 Å². The van der Waals surface area contributed by atoms with Gasteiger partial charge in [-0.1, -0.05) is 43.3 Å². The van der Waals surface area contributed by atoms with E-state index in [9.17, 15) is 9.18 Å². The van der Waals surface area contributed by atoms with Crippen molar-refractivity contribution in [2.24, 2.45) is 5.10 Å². The van der Waals surface area contributed by atoms with Gasteiger partial charge < -0.3 is 4.74 Å². The van der Waals surface area contributed by atoms with Gasteiger partial charge in [0, 0.05) is 0 Å². The van der Waals surface area contributed by atoms with Gasteiger partial charge in [-0.3, -0.25) is 4.79 Å². The number of ether oxygens (including phenoxy) is 1. The van der Waals surface area contributed by atoms with Crippen LogP contribution in [0.4, 0.5) is 4.39 Å². The van der Waals surface area contributed by atoms with Gasteiger partial charge in [-0.15, -0.1) is 0 Å². The monoisotopic (exact) mass is 314 g/mol. The highest BCUT2D eigenvalue weighted by Gasteiger charge is 2.06. The van der Waals surface area contributed by atoms with Gasteiger partial charge in [-0.05, 0) is 36.6 Å². The summed E-state index contributed by atoms with van der Waals surface area (Å²) in [5, 5.41) is 4.03. The van der Waals surface area contributed by atoms with Crippen molar-refractivity contribution in [3.05, 3.63) is 65.5 Å². The molecule has 2 aromatic carbocycles. The fraction of sp³-hybridized carbons (Fsp3) is 0.222. The molecule has 0 saturated heterocycles. The molecule has 4 nitrogen and oxygen atoms in total. The average Bonchev–Trinajstić information content (AvgIpc) is 2.59. The fourth-order valence-electron chi connectivity index (χ4n) is 1.93. The lowest BCUT2D eigenvalue weighted by molar-refractivity contribution is -0.123. The van der Waals surface area contributed by atoms with Gasteiger partial charge in [0.05, 0.1) is 5.71 Å². The summed E-state index contributed by atoms with van der Waals surface area (Å²) in [5.41, 5.74) is 5.26. The molecule has 0 fully saturated rings. The maximum atomic E-state index is 13.4. The summed E-state index contributed by atoms with van der Waals surface area (Å²) in [5.74, 6) is -0.910. The molecule has 0 heterocycles. The summed E-state index contributed by atoms with van der Waals surface area (Å²) in [6, 6.07) is 13.9. The minimum atomic E-state index is -0.504. The zero-order chi connectivity index (χ0) is 16.7. The van der Waals surface area contributed by atoms with Crippen molar-refractivity contribution < 1.29 is 13.9 Å². The second-order valence-electron chi connectivity index (χ2n) is 5.00. The number of hydrogen-bond donors (Lipinski definition) is 1. The Labute approximate surface area is 135 Å². The molecule has 1 amide bonds. The summed E-state index contributed by atoms with van der Waals surface area (Å²) in [7, 11) is 0. The van der Waals surface area contributed by atoms with Crippen molar-refractivity contribution in [2.45, 2.75) is 20.3 Å². The van der Waals surface area contributed by atoms with Crippen LogP contribution in [-0.4, -0.2) is 18.2 Å². The number of carbonyl (C=O) groups excluding carboxylic acids is 1. The first-order valence-electron chi connectivity index (χ1n) is 7.40. The van der Waals surface area contributed by atoms with E-state index in [1.807, 2.05) is 24.3 Å². The Kier molecular flexibility index (Phi) is 5.86. The van der Waals surface area contributed by atoms with Crippen molar-refractivity contribution >= 4 is 11.6 Å². The van der Waals surface area contributed by atoms with Crippen LogP contribution < -0.4 is 10.2 Å². The zero-order valence-electron chi connectivity index (χ0n) is 13.2. The van der Waals surface area contributed by atoms with Crippen LogP contribution in [0.5, 0.6) is 5.75 Å². The van der Waals surface area contributed by atoms with E-state index < -0.39 is 11.7 Å². The molecule has 1 N–H and O–H groups in total. The normalized spacial score (nSPS) is 11.2. The molecular formula is C18H19FN2O2. The number of nitrogens with one attached hydrogen (secondary N) is 1. The van der Waals surface area contributed by atoms with Crippen LogP contribution in [0.15, 0.2) is 53.6 Å². The minimum absolute atomic E-state index is 0.0403. The summed E-state index contributed by atoms with van der Waals surface area (Å²) in [4.78, 5) is 11.7. The minimum Gasteiger partial charge on any atom is -0.481 e. The van der Waals surface area contributed by atoms with E-state index in [1.54, 1.807) is 19.1 Å². The lowest BCUT2D eigenvalue weighted by Gasteiger charge is -2.06. The molecule has 0 bridgehead atoms. The quantitative estimate of drug-likeness (QED) is 0.657. The molecule has 0 saturated carbocycles. The van der Waals surface area contributed by atoms with Gasteiger partial charge in [0.2, 0.25) is 0 Å². The first-order valence-corrected chi connectivity index (χ1v) is 7.40. The Bertz CT molecular complexity index is 696. The number of nitrogens with zero attached hydrogens (tertiary/aromatic N) is 1. The van der Waals surface area contributed by atoms with Crippen molar-refractivity contribution in [3.8, 4) is 5.75 Å². The van der Waals surface area contributed by atoms with Crippen LogP contribution in [0.25, 0.3) is 0 Å². The Balaban J connectivity index is 1.88. The highest BCUT2D eigenvalue weighted by atomic mass is 19.1. The van der Waals surface area contributed by atoms with E-state index in [-0.39, 0.29) is 12.4 Å². The summed E-state index contributed by atoms with van der Waals surface area (Å²) in [6.07, 6.45) is 0.973. The van der Waals surface area contributed by atoms with E-state index in [1.165, 1.54) is 17.7 Å². The molecule has 0 atom stereocenters. The Morgan fingerprint density at radius 2 is 1.87 bits per heavy atom. The summed E-state index contributed by atoms with van der Waals surface area (Å²) >= 11 is 0. The molecule has 120 valence electrons. The number of rotatable bonds is 6. The van der Waals surface area contributed by atoms with Gasteiger partial charge in [0.15, 0.2) is 18.2 Å². The van der Waals surface area contributed by atoms with Crippen molar-refractivity contribution in [2.75, 3.05) is 6.61 Å². The van der Waals surface area contributed by atoms with Crippen molar-refractivity contribution in [1.29, 1.82) is 0 Å². The number of hydrazone groups is 1. The van der Waals surface area contributed by atoms with Gasteiger partial charge in [0.25, 0.3) is 5.91 Å². The summed E-state index contributed by atoms with van der Waals surface area (Å²) < 4.78 is 18.5. The SMILES string of the molecule is CCc1ccc(/C(C)=N\NC(=O)COc2ccccc2F)cc1. The zero-order valence-corrected chi connectivity index (χ0v) is 13.2. The number of para-hydroxylation sites is 1. The number of carbonyl (C=O) groups is 1. The average molecular weight is 314 g/mol. The second-order valence-corrected chi connectivity index (χ2v) is 5.00. The molecule has 0 aromatic heterocycles. The van der Waals surface area contributed by atoms with Crippen molar-refractivity contribution in [1.82, 2.24) is 5.43 Å². The fourth-order valence-corrected chi connectivity index (χ4v) is 1.93. The highest BCUT2D eigenvalue weighted by molar-refractivity contribution is 5.99. The number of benzene rings is 2. The van der Waals surface area contributed by atoms with Crippen LogP contribution in [0.2, 0.25) is 0 Å². The van der Waals surface area contributed by atoms with E-state index in [2.05, 4.69) is 17.5 Å². The standard InChI is InChI=1S/C18H19FN2O2/c1-3-14-8-10-15(11-9-14)13(2)20-21-18(22)12-23-17-7-5-4-6-16(17)19/h4-11H,3,12H2,1-2H3,(H,21,22)/b20-13-. The van der Waals surface area contributed by atoms with Gasteiger partial charge >= 0.3 is 0 Å². The number of amides is 1. The number of halogens is 1. The first-order chi connectivity index (χ1) is 11.1. The smallest absolute Gasteiger partial charge is 0.277 e. The lowest BCUT2D eigenvalue weighted by Crippen LogP contribution is -2.25. The Morgan fingerprint density at radius 1 is 1.17 bits per heavy atom. The maximum Gasteiger partial charge on any atom is 0.277 e. The third-order valence-corrected chi connectivity index (χ3v) is 3.32. The van der Waals surface area contributed by atoms with E-state index >= 15 is 0 Å². The molecule has 0 unspecified atom stereocenters.